The second-order valence-corrected chi connectivity index (χ2v) is 7.71. The Labute approximate surface area is 177 Å². The van der Waals surface area contributed by atoms with Gasteiger partial charge in [0.2, 0.25) is 0 Å². The number of hydrogen-bond donors (Lipinski definition) is 2. The number of rotatable bonds is 5. The molecule has 0 bridgehead atoms. The van der Waals surface area contributed by atoms with Gasteiger partial charge in [-0.2, -0.15) is 0 Å². The van der Waals surface area contributed by atoms with E-state index in [-0.39, 0.29) is 11.9 Å². The van der Waals surface area contributed by atoms with Crippen LogP contribution in [-0.2, 0) is 11.3 Å². The van der Waals surface area contributed by atoms with E-state index in [0.29, 0.717) is 16.9 Å². The smallest absolute Gasteiger partial charge is 0.321 e. The highest BCUT2D eigenvalue weighted by atomic mass is 16.5. The SMILES string of the molecule is O=C(Nc1ccccc1NC(=O)N1CCCC1)c1cccc(CN2CCOCC2)c1. The average molecular weight is 409 g/mol. The first-order valence-corrected chi connectivity index (χ1v) is 10.5. The molecule has 2 aliphatic rings. The molecule has 0 aliphatic carbocycles. The molecular formula is C23H28N4O3. The Balaban J connectivity index is 1.42. The van der Waals surface area contributed by atoms with Crippen LogP contribution in [0.4, 0.5) is 16.2 Å². The molecule has 2 aliphatic heterocycles. The summed E-state index contributed by atoms with van der Waals surface area (Å²) in [4.78, 5) is 29.5. The zero-order valence-electron chi connectivity index (χ0n) is 17.1. The van der Waals surface area contributed by atoms with Crippen molar-refractivity contribution < 1.29 is 14.3 Å². The van der Waals surface area contributed by atoms with E-state index >= 15 is 0 Å². The van der Waals surface area contributed by atoms with Gasteiger partial charge in [-0.05, 0) is 42.7 Å². The summed E-state index contributed by atoms with van der Waals surface area (Å²) < 4.78 is 5.40. The number of ether oxygens (including phenoxy) is 1. The van der Waals surface area contributed by atoms with Crippen molar-refractivity contribution in [2.24, 2.45) is 0 Å². The standard InChI is InChI=1S/C23H28N4O3/c28-22(19-7-5-6-18(16-19)17-26-12-14-30-15-13-26)24-20-8-1-2-9-21(20)25-23(29)27-10-3-4-11-27/h1-2,5-9,16H,3-4,10-15,17H2,(H,24,28)(H,25,29). The number of anilines is 2. The fourth-order valence-corrected chi connectivity index (χ4v) is 3.84. The molecule has 0 radical (unpaired) electrons. The number of morpholine rings is 1. The van der Waals surface area contributed by atoms with E-state index in [1.54, 1.807) is 17.0 Å². The molecule has 2 fully saturated rings. The summed E-state index contributed by atoms with van der Waals surface area (Å²) in [5.41, 5.74) is 2.89. The predicted molar refractivity (Wildman–Crippen MR) is 117 cm³/mol. The van der Waals surface area contributed by atoms with Gasteiger partial charge in [0, 0.05) is 38.3 Å². The van der Waals surface area contributed by atoms with E-state index in [9.17, 15) is 9.59 Å². The molecule has 2 N–H and O–H groups in total. The first-order valence-electron chi connectivity index (χ1n) is 10.5. The first kappa shape index (κ1) is 20.4. The van der Waals surface area contributed by atoms with Gasteiger partial charge in [-0.1, -0.05) is 24.3 Å². The fraction of sp³-hybridized carbons (Fsp3) is 0.391. The summed E-state index contributed by atoms with van der Waals surface area (Å²) in [5.74, 6) is -0.193. The molecule has 4 rings (SSSR count). The minimum absolute atomic E-state index is 0.123. The number of carbonyl (C=O) groups excluding carboxylic acids is 2. The molecule has 2 aromatic rings. The fourth-order valence-electron chi connectivity index (χ4n) is 3.84. The summed E-state index contributed by atoms with van der Waals surface area (Å²) in [5, 5.41) is 5.88. The van der Waals surface area contributed by atoms with Crippen molar-refractivity contribution in [3.63, 3.8) is 0 Å². The molecular weight excluding hydrogens is 380 g/mol. The van der Waals surface area contributed by atoms with Crippen LogP contribution in [0.15, 0.2) is 48.5 Å². The third-order valence-electron chi connectivity index (χ3n) is 5.51. The lowest BCUT2D eigenvalue weighted by Crippen LogP contribution is -2.35. The van der Waals surface area contributed by atoms with Crippen LogP contribution < -0.4 is 10.6 Å². The van der Waals surface area contributed by atoms with Crippen LogP contribution in [0, 0.1) is 0 Å². The summed E-state index contributed by atoms with van der Waals surface area (Å²) in [7, 11) is 0. The van der Waals surface area contributed by atoms with Gasteiger partial charge in [-0.25, -0.2) is 4.79 Å². The molecule has 2 aromatic carbocycles. The topological polar surface area (TPSA) is 73.9 Å². The Morgan fingerprint density at radius 1 is 0.867 bits per heavy atom. The molecule has 158 valence electrons. The van der Waals surface area contributed by atoms with Crippen LogP contribution >= 0.6 is 0 Å². The Morgan fingerprint density at radius 2 is 1.57 bits per heavy atom. The van der Waals surface area contributed by atoms with E-state index in [0.717, 1.165) is 64.3 Å². The highest BCUT2D eigenvalue weighted by Gasteiger charge is 2.19. The summed E-state index contributed by atoms with van der Waals surface area (Å²) >= 11 is 0. The summed E-state index contributed by atoms with van der Waals surface area (Å²) in [6.45, 7) is 5.65. The Bertz CT molecular complexity index is 890. The van der Waals surface area contributed by atoms with Gasteiger partial charge in [0.1, 0.15) is 0 Å². The zero-order valence-corrected chi connectivity index (χ0v) is 17.1. The minimum atomic E-state index is -0.193. The molecule has 2 heterocycles. The number of likely N-dealkylation sites (tertiary alicyclic amines) is 1. The van der Waals surface area contributed by atoms with Gasteiger partial charge in [0.15, 0.2) is 0 Å². The maximum Gasteiger partial charge on any atom is 0.321 e. The van der Waals surface area contributed by atoms with Gasteiger partial charge < -0.3 is 20.3 Å². The van der Waals surface area contributed by atoms with E-state index in [2.05, 4.69) is 15.5 Å². The van der Waals surface area contributed by atoms with Crippen molar-refractivity contribution in [3.8, 4) is 0 Å². The maximum atomic E-state index is 12.9. The monoisotopic (exact) mass is 408 g/mol. The average Bonchev–Trinajstić information content (AvgIpc) is 3.31. The number of hydrogen-bond acceptors (Lipinski definition) is 4. The van der Waals surface area contributed by atoms with Gasteiger partial charge in [0.05, 0.1) is 24.6 Å². The van der Waals surface area contributed by atoms with Crippen LogP contribution in [0.1, 0.15) is 28.8 Å². The number of amides is 3. The number of urea groups is 1. The van der Waals surface area contributed by atoms with Crippen molar-refractivity contribution in [3.05, 3.63) is 59.7 Å². The van der Waals surface area contributed by atoms with Crippen LogP contribution in [0.5, 0.6) is 0 Å². The minimum Gasteiger partial charge on any atom is -0.379 e. The van der Waals surface area contributed by atoms with Crippen LogP contribution in [0.2, 0.25) is 0 Å². The van der Waals surface area contributed by atoms with Gasteiger partial charge in [-0.15, -0.1) is 0 Å². The normalized spacial score (nSPS) is 17.0. The molecule has 7 heteroatoms. The second kappa shape index (κ2) is 9.73. The van der Waals surface area contributed by atoms with E-state index in [1.165, 1.54) is 0 Å². The lowest BCUT2D eigenvalue weighted by Gasteiger charge is -2.26. The third kappa shape index (κ3) is 5.17. The molecule has 2 saturated heterocycles. The lowest BCUT2D eigenvalue weighted by molar-refractivity contribution is 0.0342. The van der Waals surface area contributed by atoms with Gasteiger partial charge in [-0.3, -0.25) is 9.69 Å². The molecule has 0 spiro atoms. The molecule has 3 amide bonds. The molecule has 0 unspecified atom stereocenters. The van der Waals surface area contributed by atoms with Gasteiger partial charge >= 0.3 is 6.03 Å². The van der Waals surface area contributed by atoms with Crippen molar-refractivity contribution >= 4 is 23.3 Å². The van der Waals surface area contributed by atoms with E-state index < -0.39 is 0 Å². The number of nitrogens with one attached hydrogen (secondary N) is 2. The second-order valence-electron chi connectivity index (χ2n) is 7.71. The summed E-state index contributed by atoms with van der Waals surface area (Å²) in [6.07, 6.45) is 2.07. The highest BCUT2D eigenvalue weighted by Crippen LogP contribution is 2.23. The maximum absolute atomic E-state index is 12.9. The first-order chi connectivity index (χ1) is 14.7. The van der Waals surface area contributed by atoms with Crippen molar-refractivity contribution in [2.75, 3.05) is 50.0 Å². The Hall–Kier alpha value is -2.90. The molecule has 7 nitrogen and oxygen atoms in total. The molecule has 0 atom stereocenters. The van der Waals surface area contributed by atoms with Crippen molar-refractivity contribution in [1.29, 1.82) is 0 Å². The van der Waals surface area contributed by atoms with Crippen LogP contribution in [0.25, 0.3) is 0 Å². The number of para-hydroxylation sites is 2. The molecule has 0 aromatic heterocycles. The third-order valence-corrected chi connectivity index (χ3v) is 5.51. The summed E-state index contributed by atoms with van der Waals surface area (Å²) in [6, 6.07) is 14.9. The number of nitrogens with zero attached hydrogens (tertiary/aromatic N) is 2. The largest absolute Gasteiger partial charge is 0.379 e. The highest BCUT2D eigenvalue weighted by molar-refractivity contribution is 6.07. The van der Waals surface area contributed by atoms with Crippen molar-refractivity contribution in [1.82, 2.24) is 9.80 Å². The zero-order chi connectivity index (χ0) is 20.8. The number of carbonyl (C=O) groups is 2. The van der Waals surface area contributed by atoms with Crippen LogP contribution in [0.3, 0.4) is 0 Å². The van der Waals surface area contributed by atoms with Crippen molar-refractivity contribution in [2.45, 2.75) is 19.4 Å². The van der Waals surface area contributed by atoms with E-state index in [1.807, 2.05) is 36.4 Å². The molecule has 0 saturated carbocycles. The molecule has 30 heavy (non-hydrogen) atoms. The lowest BCUT2D eigenvalue weighted by atomic mass is 10.1. The number of benzene rings is 2. The van der Waals surface area contributed by atoms with Crippen LogP contribution in [-0.4, -0.2) is 61.1 Å². The Morgan fingerprint density at radius 3 is 2.30 bits per heavy atom. The quantitative estimate of drug-likeness (QED) is 0.795. The Kier molecular flexibility index (Phi) is 6.61. The predicted octanol–water partition coefficient (Wildman–Crippen LogP) is 3.40. The van der Waals surface area contributed by atoms with Gasteiger partial charge in [0.25, 0.3) is 5.91 Å². The van der Waals surface area contributed by atoms with E-state index in [4.69, 9.17) is 4.74 Å².